The molecule has 42 heavy (non-hydrogen) atoms. The van der Waals surface area contributed by atoms with E-state index >= 15 is 0 Å². The maximum atomic E-state index is 13.1. The van der Waals surface area contributed by atoms with Gasteiger partial charge in [0.2, 0.25) is 11.2 Å². The second-order valence-electron chi connectivity index (χ2n) is 10.3. The Morgan fingerprint density at radius 2 is 1.86 bits per heavy atom. The predicted molar refractivity (Wildman–Crippen MR) is 162 cm³/mol. The summed E-state index contributed by atoms with van der Waals surface area (Å²) in [5, 5.41) is 5.72. The fourth-order valence-corrected chi connectivity index (χ4v) is 6.59. The largest absolute Gasteiger partial charge is 0.484 e. The van der Waals surface area contributed by atoms with Gasteiger partial charge in [-0.05, 0) is 72.7 Å². The molecule has 8 nitrogen and oxygen atoms in total. The minimum absolute atomic E-state index is 0.0660. The minimum Gasteiger partial charge on any atom is -0.484 e. The lowest BCUT2D eigenvalue weighted by Crippen LogP contribution is -2.21. The number of ether oxygens (including phenoxy) is 3. The summed E-state index contributed by atoms with van der Waals surface area (Å²) >= 11 is 1.43. The number of esters is 1. The zero-order valence-corrected chi connectivity index (χ0v) is 24.0. The van der Waals surface area contributed by atoms with Crippen molar-refractivity contribution in [1.82, 2.24) is 0 Å². The van der Waals surface area contributed by atoms with Gasteiger partial charge < -0.3 is 23.9 Å². The lowest BCUT2D eigenvalue weighted by molar-refractivity contribution is -0.118. The van der Waals surface area contributed by atoms with Crippen LogP contribution in [0.25, 0.3) is 21.7 Å². The summed E-state index contributed by atoms with van der Waals surface area (Å²) in [5.74, 6) is 0.637. The first-order chi connectivity index (χ1) is 20.4. The molecule has 0 saturated carbocycles. The normalized spacial score (nSPS) is 14.4. The Morgan fingerprint density at radius 3 is 2.69 bits per heavy atom. The molecule has 0 radical (unpaired) electrons. The number of nitrogens with one attached hydrogen (secondary N) is 1. The lowest BCUT2D eigenvalue weighted by Gasteiger charge is -2.18. The second-order valence-corrected chi connectivity index (χ2v) is 11.4. The van der Waals surface area contributed by atoms with E-state index in [1.165, 1.54) is 17.6 Å². The quantitative estimate of drug-likeness (QED) is 0.194. The molecule has 5 aromatic rings. The zero-order valence-electron chi connectivity index (χ0n) is 23.2. The molecule has 9 heteroatoms. The van der Waals surface area contributed by atoms with Crippen LogP contribution in [0.15, 0.2) is 76.1 Å². The highest BCUT2D eigenvalue weighted by molar-refractivity contribution is 7.17. The third-order valence-corrected chi connectivity index (χ3v) is 8.45. The van der Waals surface area contributed by atoms with Crippen LogP contribution in [0.4, 0.5) is 5.00 Å². The molecular weight excluding hydrogens is 554 g/mol. The molecule has 1 aliphatic carbocycles. The Balaban J connectivity index is 1.15. The highest BCUT2D eigenvalue weighted by atomic mass is 32.1. The fourth-order valence-electron chi connectivity index (χ4n) is 5.18. The average Bonchev–Trinajstić information content (AvgIpc) is 3.34. The number of carbonyl (C=O) groups is 2. The van der Waals surface area contributed by atoms with Gasteiger partial charge in [0, 0.05) is 10.9 Å². The number of hydrogen-bond donors (Lipinski definition) is 1. The third-order valence-electron chi connectivity index (χ3n) is 7.28. The summed E-state index contributed by atoms with van der Waals surface area (Å²) in [4.78, 5) is 39.8. The van der Waals surface area contributed by atoms with Crippen molar-refractivity contribution in [1.29, 1.82) is 0 Å². The van der Waals surface area contributed by atoms with Crippen molar-refractivity contribution in [3.8, 4) is 17.2 Å². The van der Waals surface area contributed by atoms with Crippen molar-refractivity contribution in [2.45, 2.75) is 33.1 Å². The summed E-state index contributed by atoms with van der Waals surface area (Å²) in [6.45, 7) is 3.91. The molecule has 1 amide bonds. The van der Waals surface area contributed by atoms with Gasteiger partial charge in [-0.3, -0.25) is 9.59 Å². The van der Waals surface area contributed by atoms with Crippen molar-refractivity contribution >= 4 is 50.0 Å². The minimum atomic E-state index is -0.422. The maximum Gasteiger partial charge on any atom is 0.341 e. The number of thiophene rings is 1. The first-order valence-corrected chi connectivity index (χ1v) is 14.7. The maximum absolute atomic E-state index is 13.1. The number of amides is 1. The molecule has 0 bridgehead atoms. The zero-order chi connectivity index (χ0) is 29.2. The van der Waals surface area contributed by atoms with Gasteiger partial charge in [0.05, 0.1) is 17.6 Å². The number of carbonyl (C=O) groups excluding carboxylic acids is 2. The number of anilines is 1. The van der Waals surface area contributed by atoms with E-state index in [1.54, 1.807) is 31.2 Å². The van der Waals surface area contributed by atoms with E-state index in [-0.39, 0.29) is 24.4 Å². The smallest absolute Gasteiger partial charge is 0.341 e. The molecule has 0 fully saturated rings. The van der Waals surface area contributed by atoms with Crippen LogP contribution in [0.1, 0.15) is 41.1 Å². The van der Waals surface area contributed by atoms with Crippen LogP contribution in [0, 0.1) is 5.92 Å². The summed E-state index contributed by atoms with van der Waals surface area (Å²) in [5.41, 5.74) is 1.40. The summed E-state index contributed by atoms with van der Waals surface area (Å²) in [6.07, 6.45) is 3.91. The number of hydrogen-bond acceptors (Lipinski definition) is 8. The molecule has 2 heterocycles. The van der Waals surface area contributed by atoms with Crippen LogP contribution < -0.4 is 20.2 Å². The molecule has 0 aliphatic heterocycles. The topological polar surface area (TPSA) is 104 Å². The van der Waals surface area contributed by atoms with Gasteiger partial charge in [-0.15, -0.1) is 11.3 Å². The van der Waals surface area contributed by atoms with Gasteiger partial charge >= 0.3 is 5.97 Å². The molecule has 0 spiro atoms. The molecule has 0 saturated heterocycles. The highest BCUT2D eigenvalue weighted by Gasteiger charge is 2.29. The van der Waals surface area contributed by atoms with E-state index in [2.05, 4.69) is 12.2 Å². The van der Waals surface area contributed by atoms with Crippen molar-refractivity contribution in [3.05, 3.63) is 93.2 Å². The Labute approximate surface area is 245 Å². The van der Waals surface area contributed by atoms with E-state index in [9.17, 15) is 14.4 Å². The van der Waals surface area contributed by atoms with Crippen molar-refractivity contribution in [2.24, 2.45) is 5.92 Å². The number of rotatable bonds is 8. The monoisotopic (exact) mass is 583 g/mol. The molecular formula is C33H29NO7S. The standard InChI is InChI=1S/C33H29NO7S/c1-3-38-33(37)30-25-12-8-19(2)14-28(25)42-32(30)34-29(35)18-39-22-11-13-24-26(16-22)40-17-27(31(24)36)41-23-10-9-20-6-4-5-7-21(20)15-23/h4-7,9-11,13,15-17,19H,3,8,12,14,18H2,1-2H3,(H,34,35). The van der Waals surface area contributed by atoms with Crippen molar-refractivity contribution in [3.63, 3.8) is 0 Å². The van der Waals surface area contributed by atoms with Gasteiger partial charge in [0.15, 0.2) is 6.61 Å². The molecule has 2 aromatic heterocycles. The van der Waals surface area contributed by atoms with Crippen LogP contribution in [0.3, 0.4) is 0 Å². The SMILES string of the molecule is CCOC(=O)c1c(NC(=O)COc2ccc3c(=O)c(Oc4ccc5ccccc5c4)coc3c2)sc2c1CCC(C)C2. The predicted octanol–water partition coefficient (Wildman–Crippen LogP) is 7.12. The van der Waals surface area contributed by atoms with Gasteiger partial charge in [-0.2, -0.15) is 0 Å². The Kier molecular flexibility index (Phi) is 7.67. The first kappa shape index (κ1) is 27.5. The molecule has 1 unspecified atom stereocenters. The number of benzene rings is 3. The van der Waals surface area contributed by atoms with Crippen LogP contribution in [-0.4, -0.2) is 25.1 Å². The Hall–Kier alpha value is -4.63. The molecule has 214 valence electrons. The van der Waals surface area contributed by atoms with E-state index < -0.39 is 11.9 Å². The average molecular weight is 584 g/mol. The lowest BCUT2D eigenvalue weighted by atomic mass is 9.88. The summed E-state index contributed by atoms with van der Waals surface area (Å²) in [6, 6.07) is 18.2. The molecule has 6 rings (SSSR count). The van der Waals surface area contributed by atoms with E-state index in [4.69, 9.17) is 18.6 Å². The van der Waals surface area contributed by atoms with E-state index in [1.807, 2.05) is 36.4 Å². The highest BCUT2D eigenvalue weighted by Crippen LogP contribution is 2.40. The summed E-state index contributed by atoms with van der Waals surface area (Å²) < 4.78 is 22.5. The molecule has 1 N–H and O–H groups in total. The van der Waals surface area contributed by atoms with Gasteiger partial charge in [0.25, 0.3) is 5.91 Å². The van der Waals surface area contributed by atoms with Gasteiger partial charge in [-0.1, -0.05) is 37.3 Å². The number of fused-ring (bicyclic) bond motifs is 3. The summed E-state index contributed by atoms with van der Waals surface area (Å²) in [7, 11) is 0. The fraction of sp³-hybridized carbons (Fsp3) is 0.242. The third kappa shape index (κ3) is 5.60. The van der Waals surface area contributed by atoms with Crippen LogP contribution >= 0.6 is 11.3 Å². The molecule has 1 atom stereocenters. The van der Waals surface area contributed by atoms with Crippen molar-refractivity contribution < 1.29 is 28.2 Å². The van der Waals surface area contributed by atoms with Gasteiger partial charge in [0.1, 0.15) is 28.3 Å². The van der Waals surface area contributed by atoms with Crippen molar-refractivity contribution in [2.75, 3.05) is 18.5 Å². The van der Waals surface area contributed by atoms with Crippen LogP contribution in [-0.2, 0) is 22.4 Å². The van der Waals surface area contributed by atoms with E-state index in [0.29, 0.717) is 39.0 Å². The van der Waals surface area contributed by atoms with E-state index in [0.717, 1.165) is 40.5 Å². The van der Waals surface area contributed by atoms with Crippen LogP contribution in [0.2, 0.25) is 0 Å². The first-order valence-electron chi connectivity index (χ1n) is 13.9. The van der Waals surface area contributed by atoms with Crippen LogP contribution in [0.5, 0.6) is 17.2 Å². The second kappa shape index (κ2) is 11.7. The van der Waals surface area contributed by atoms with Gasteiger partial charge in [-0.25, -0.2) is 4.79 Å². The Bertz CT molecular complexity index is 1870. The molecule has 1 aliphatic rings. The molecule has 3 aromatic carbocycles. The Morgan fingerprint density at radius 1 is 1.05 bits per heavy atom.